The summed E-state index contributed by atoms with van der Waals surface area (Å²) in [5.41, 5.74) is 1.75. The van der Waals surface area contributed by atoms with E-state index in [-0.39, 0.29) is 0 Å². The number of hydrogen-bond donors (Lipinski definition) is 1. The van der Waals surface area contributed by atoms with Crippen molar-refractivity contribution < 1.29 is 0 Å². The molecular weight excluding hydrogens is 202 g/mol. The summed E-state index contributed by atoms with van der Waals surface area (Å²) in [4.78, 5) is 0. The molecule has 0 aliphatic heterocycles. The molecule has 15 heavy (non-hydrogen) atoms. The van der Waals surface area contributed by atoms with Crippen molar-refractivity contribution in [2.75, 3.05) is 0 Å². The SMILES string of the molecule is CCC(C)(CC)NC(C)Cc1ccsc1. The Hall–Kier alpha value is -0.340. The van der Waals surface area contributed by atoms with Gasteiger partial charge in [0.25, 0.3) is 0 Å². The molecule has 86 valence electrons. The second kappa shape index (κ2) is 5.66. The minimum Gasteiger partial charge on any atom is -0.309 e. The van der Waals surface area contributed by atoms with E-state index in [4.69, 9.17) is 0 Å². The maximum Gasteiger partial charge on any atom is 0.0150 e. The molecule has 0 amide bonds. The Morgan fingerprint density at radius 2 is 2.07 bits per heavy atom. The van der Waals surface area contributed by atoms with Crippen LogP contribution in [0, 0.1) is 0 Å². The second-order valence-electron chi connectivity index (χ2n) is 4.65. The van der Waals surface area contributed by atoms with E-state index >= 15 is 0 Å². The fourth-order valence-corrected chi connectivity index (χ4v) is 2.54. The highest BCUT2D eigenvalue weighted by Crippen LogP contribution is 2.16. The van der Waals surface area contributed by atoms with Crippen LogP contribution in [0.3, 0.4) is 0 Å². The topological polar surface area (TPSA) is 12.0 Å². The molecule has 1 N–H and O–H groups in total. The van der Waals surface area contributed by atoms with Crippen LogP contribution >= 0.6 is 11.3 Å². The van der Waals surface area contributed by atoms with Gasteiger partial charge < -0.3 is 5.32 Å². The van der Waals surface area contributed by atoms with Crippen LogP contribution in [-0.2, 0) is 6.42 Å². The third-order valence-corrected chi connectivity index (χ3v) is 4.01. The van der Waals surface area contributed by atoms with Crippen molar-refractivity contribution in [1.82, 2.24) is 5.32 Å². The third-order valence-electron chi connectivity index (χ3n) is 3.28. The standard InChI is InChI=1S/C13H23NS/c1-5-13(4,6-2)14-11(3)9-12-7-8-15-10-12/h7-8,10-11,14H,5-6,9H2,1-4H3. The van der Waals surface area contributed by atoms with Gasteiger partial charge in [-0.05, 0) is 55.5 Å². The summed E-state index contributed by atoms with van der Waals surface area (Å²) in [5.74, 6) is 0. The summed E-state index contributed by atoms with van der Waals surface area (Å²) in [6, 6.07) is 2.78. The molecule has 0 saturated heterocycles. The first-order valence-corrected chi connectivity index (χ1v) is 6.82. The van der Waals surface area contributed by atoms with Gasteiger partial charge in [-0.1, -0.05) is 13.8 Å². The molecule has 0 aromatic carbocycles. The molecule has 1 unspecified atom stereocenters. The van der Waals surface area contributed by atoms with Gasteiger partial charge in [-0.3, -0.25) is 0 Å². The molecule has 0 aliphatic carbocycles. The van der Waals surface area contributed by atoms with Crippen molar-refractivity contribution in [3.05, 3.63) is 22.4 Å². The highest BCUT2D eigenvalue weighted by Gasteiger charge is 2.21. The van der Waals surface area contributed by atoms with Gasteiger partial charge in [-0.25, -0.2) is 0 Å². The van der Waals surface area contributed by atoms with E-state index < -0.39 is 0 Å². The Kier molecular flexibility index (Phi) is 4.81. The molecule has 0 bridgehead atoms. The first kappa shape index (κ1) is 12.7. The molecule has 1 aromatic heterocycles. The Labute approximate surface area is 97.9 Å². The van der Waals surface area contributed by atoms with Gasteiger partial charge in [-0.2, -0.15) is 11.3 Å². The van der Waals surface area contributed by atoms with Crippen molar-refractivity contribution >= 4 is 11.3 Å². The van der Waals surface area contributed by atoms with Gasteiger partial charge in [-0.15, -0.1) is 0 Å². The van der Waals surface area contributed by atoms with E-state index in [2.05, 4.69) is 49.8 Å². The van der Waals surface area contributed by atoms with Crippen molar-refractivity contribution in [2.45, 2.75) is 58.5 Å². The van der Waals surface area contributed by atoms with Gasteiger partial charge >= 0.3 is 0 Å². The molecule has 2 heteroatoms. The molecule has 1 rings (SSSR count). The molecule has 1 atom stereocenters. The molecular formula is C13H23NS. The molecule has 1 nitrogen and oxygen atoms in total. The molecule has 1 heterocycles. The molecule has 0 radical (unpaired) electrons. The third kappa shape index (κ3) is 3.96. The number of hydrogen-bond acceptors (Lipinski definition) is 2. The van der Waals surface area contributed by atoms with E-state index in [9.17, 15) is 0 Å². The lowest BCUT2D eigenvalue weighted by Crippen LogP contribution is -2.46. The van der Waals surface area contributed by atoms with Crippen molar-refractivity contribution in [3.63, 3.8) is 0 Å². The number of rotatable bonds is 6. The summed E-state index contributed by atoms with van der Waals surface area (Å²) in [6.45, 7) is 9.11. The minimum absolute atomic E-state index is 0.301. The largest absolute Gasteiger partial charge is 0.309 e. The summed E-state index contributed by atoms with van der Waals surface area (Å²) in [7, 11) is 0. The zero-order chi connectivity index (χ0) is 11.3. The fraction of sp³-hybridized carbons (Fsp3) is 0.692. The maximum absolute atomic E-state index is 3.74. The molecule has 0 spiro atoms. The van der Waals surface area contributed by atoms with Crippen LogP contribution in [0.5, 0.6) is 0 Å². The van der Waals surface area contributed by atoms with Crippen molar-refractivity contribution in [1.29, 1.82) is 0 Å². The average molecular weight is 225 g/mol. The average Bonchev–Trinajstić information content (AvgIpc) is 2.70. The van der Waals surface area contributed by atoms with Crippen molar-refractivity contribution in [3.8, 4) is 0 Å². The predicted octanol–water partition coefficient (Wildman–Crippen LogP) is 3.85. The predicted molar refractivity (Wildman–Crippen MR) is 69.6 cm³/mol. The van der Waals surface area contributed by atoms with Gasteiger partial charge in [0.05, 0.1) is 0 Å². The lowest BCUT2D eigenvalue weighted by Gasteiger charge is -2.32. The lowest BCUT2D eigenvalue weighted by atomic mass is 9.93. The van der Waals surface area contributed by atoms with Gasteiger partial charge in [0.2, 0.25) is 0 Å². The summed E-state index contributed by atoms with van der Waals surface area (Å²) in [5, 5.41) is 8.13. The van der Waals surface area contributed by atoms with Gasteiger partial charge in [0, 0.05) is 11.6 Å². The maximum atomic E-state index is 3.74. The van der Waals surface area contributed by atoms with E-state index in [1.807, 2.05) is 0 Å². The molecule has 0 aliphatic rings. The summed E-state index contributed by atoms with van der Waals surface area (Å²) in [6.07, 6.45) is 3.52. The number of thiophene rings is 1. The Morgan fingerprint density at radius 1 is 1.40 bits per heavy atom. The van der Waals surface area contributed by atoms with Crippen molar-refractivity contribution in [2.24, 2.45) is 0 Å². The summed E-state index contributed by atoms with van der Waals surface area (Å²) >= 11 is 1.78. The van der Waals surface area contributed by atoms with Crippen LogP contribution in [0.15, 0.2) is 16.8 Å². The Bertz CT molecular complexity index is 262. The fourth-order valence-electron chi connectivity index (χ4n) is 1.86. The lowest BCUT2D eigenvalue weighted by molar-refractivity contribution is 0.296. The Balaban J connectivity index is 2.44. The molecule has 1 aromatic rings. The van der Waals surface area contributed by atoms with E-state index in [0.29, 0.717) is 11.6 Å². The highest BCUT2D eigenvalue weighted by molar-refractivity contribution is 7.07. The van der Waals surface area contributed by atoms with Crippen LogP contribution < -0.4 is 5.32 Å². The van der Waals surface area contributed by atoms with Crippen LogP contribution in [0.4, 0.5) is 0 Å². The quantitative estimate of drug-likeness (QED) is 0.775. The summed E-state index contributed by atoms with van der Waals surface area (Å²) < 4.78 is 0. The molecule has 0 saturated carbocycles. The van der Waals surface area contributed by atoms with E-state index in [1.165, 1.54) is 18.4 Å². The zero-order valence-electron chi connectivity index (χ0n) is 10.3. The van der Waals surface area contributed by atoms with E-state index in [0.717, 1.165) is 6.42 Å². The monoisotopic (exact) mass is 225 g/mol. The van der Waals surface area contributed by atoms with Crippen LogP contribution in [0.1, 0.15) is 46.1 Å². The first-order chi connectivity index (χ1) is 7.09. The van der Waals surface area contributed by atoms with E-state index in [1.54, 1.807) is 11.3 Å². The van der Waals surface area contributed by atoms with Gasteiger partial charge in [0.15, 0.2) is 0 Å². The smallest absolute Gasteiger partial charge is 0.0150 e. The highest BCUT2D eigenvalue weighted by atomic mass is 32.1. The minimum atomic E-state index is 0.301. The van der Waals surface area contributed by atoms with Crippen LogP contribution in [0.25, 0.3) is 0 Å². The van der Waals surface area contributed by atoms with Crippen LogP contribution in [0.2, 0.25) is 0 Å². The zero-order valence-corrected chi connectivity index (χ0v) is 11.2. The van der Waals surface area contributed by atoms with Crippen LogP contribution in [-0.4, -0.2) is 11.6 Å². The first-order valence-electron chi connectivity index (χ1n) is 5.88. The number of nitrogens with one attached hydrogen (secondary N) is 1. The van der Waals surface area contributed by atoms with Gasteiger partial charge in [0.1, 0.15) is 0 Å². The molecule has 0 fully saturated rings. The second-order valence-corrected chi connectivity index (χ2v) is 5.43. The normalized spacial score (nSPS) is 14.1. The Morgan fingerprint density at radius 3 is 2.53 bits per heavy atom.